The van der Waals surface area contributed by atoms with E-state index < -0.39 is 9.84 Å². The van der Waals surface area contributed by atoms with Gasteiger partial charge < -0.3 is 0 Å². The molecule has 1 aromatic rings. The number of nitrogens with zero attached hydrogens (tertiary/aromatic N) is 3. The smallest absolute Gasteiger partial charge is 0.151 e. The average molecular weight is 283 g/mol. The van der Waals surface area contributed by atoms with Gasteiger partial charge in [0.2, 0.25) is 0 Å². The molecule has 1 saturated heterocycles. The van der Waals surface area contributed by atoms with Gasteiger partial charge in [0.05, 0.1) is 11.5 Å². The summed E-state index contributed by atoms with van der Waals surface area (Å²) in [5, 5.41) is 4.59. The molecule has 0 aliphatic carbocycles. The van der Waals surface area contributed by atoms with E-state index in [9.17, 15) is 8.42 Å². The lowest BCUT2D eigenvalue weighted by Gasteiger charge is -2.20. The molecule has 106 valence electrons. The van der Waals surface area contributed by atoms with Crippen molar-refractivity contribution in [1.82, 2.24) is 14.8 Å². The van der Waals surface area contributed by atoms with Gasteiger partial charge in [-0.1, -0.05) is 6.92 Å². The van der Waals surface area contributed by atoms with Crippen molar-refractivity contribution in [2.45, 2.75) is 51.5 Å². The molecule has 0 saturated carbocycles. The molecule has 3 rings (SSSR count). The molecule has 1 aromatic heterocycles. The molecule has 0 N–H and O–H groups in total. The Morgan fingerprint density at radius 1 is 1.26 bits per heavy atom. The highest BCUT2D eigenvalue weighted by Crippen LogP contribution is 2.26. The number of sulfone groups is 1. The van der Waals surface area contributed by atoms with Crippen LogP contribution in [0.2, 0.25) is 0 Å². The summed E-state index contributed by atoms with van der Waals surface area (Å²) in [5.41, 5.74) is 0. The van der Waals surface area contributed by atoms with E-state index in [2.05, 4.69) is 17.0 Å². The summed E-state index contributed by atoms with van der Waals surface area (Å²) in [5.74, 6) is 3.63. The summed E-state index contributed by atoms with van der Waals surface area (Å²) in [4.78, 5) is 4.66. The van der Waals surface area contributed by atoms with Crippen molar-refractivity contribution in [3.63, 3.8) is 0 Å². The van der Waals surface area contributed by atoms with Gasteiger partial charge in [-0.15, -0.1) is 0 Å². The molecule has 0 aromatic carbocycles. The first kappa shape index (κ1) is 13.1. The van der Waals surface area contributed by atoms with Gasteiger partial charge in [-0.25, -0.2) is 18.1 Å². The molecule has 19 heavy (non-hydrogen) atoms. The van der Waals surface area contributed by atoms with Crippen LogP contribution < -0.4 is 0 Å². The molecule has 0 amide bonds. The van der Waals surface area contributed by atoms with E-state index >= 15 is 0 Å². The van der Waals surface area contributed by atoms with Crippen molar-refractivity contribution < 1.29 is 8.42 Å². The summed E-state index contributed by atoms with van der Waals surface area (Å²) in [6.45, 7) is 3.18. The Labute approximate surface area is 114 Å². The van der Waals surface area contributed by atoms with Gasteiger partial charge in [0.15, 0.2) is 5.82 Å². The summed E-state index contributed by atoms with van der Waals surface area (Å²) in [7, 11) is -2.77. The van der Waals surface area contributed by atoms with Crippen LogP contribution in [0, 0.1) is 5.92 Å². The Kier molecular flexibility index (Phi) is 3.37. The minimum Gasteiger partial charge on any atom is -0.250 e. The quantitative estimate of drug-likeness (QED) is 0.826. The first-order chi connectivity index (χ1) is 9.03. The predicted octanol–water partition coefficient (Wildman–Crippen LogP) is 1.54. The van der Waals surface area contributed by atoms with Crippen LogP contribution in [0.25, 0.3) is 0 Å². The summed E-state index contributed by atoms with van der Waals surface area (Å²) < 4.78 is 24.9. The monoisotopic (exact) mass is 283 g/mol. The summed E-state index contributed by atoms with van der Waals surface area (Å²) in [6.07, 6.45) is 4.74. The maximum Gasteiger partial charge on any atom is 0.151 e. The maximum absolute atomic E-state index is 11.4. The van der Waals surface area contributed by atoms with Gasteiger partial charge in [-0.3, -0.25) is 0 Å². The van der Waals surface area contributed by atoms with Crippen molar-refractivity contribution in [1.29, 1.82) is 0 Å². The third kappa shape index (κ3) is 2.83. The van der Waals surface area contributed by atoms with Gasteiger partial charge in [0, 0.05) is 18.9 Å². The van der Waals surface area contributed by atoms with E-state index in [1.54, 1.807) is 0 Å². The molecule has 3 heterocycles. The normalized spacial score (nSPS) is 27.1. The van der Waals surface area contributed by atoms with E-state index in [1.165, 1.54) is 12.8 Å². The van der Waals surface area contributed by atoms with Crippen molar-refractivity contribution in [3.05, 3.63) is 11.6 Å². The zero-order valence-corrected chi connectivity index (χ0v) is 12.2. The number of rotatable bonds is 2. The van der Waals surface area contributed by atoms with Crippen LogP contribution >= 0.6 is 0 Å². The summed E-state index contributed by atoms with van der Waals surface area (Å²) in [6, 6.07) is 0. The Morgan fingerprint density at radius 3 is 2.68 bits per heavy atom. The van der Waals surface area contributed by atoms with Crippen LogP contribution in [0.1, 0.15) is 50.2 Å². The molecule has 2 aliphatic rings. The van der Waals surface area contributed by atoms with Crippen LogP contribution in [-0.4, -0.2) is 34.7 Å². The van der Waals surface area contributed by atoms with Gasteiger partial charge in [0.25, 0.3) is 0 Å². The minimum absolute atomic E-state index is 0.335. The zero-order valence-electron chi connectivity index (χ0n) is 11.4. The molecular weight excluding hydrogens is 262 g/mol. The number of aromatic nitrogens is 3. The summed E-state index contributed by atoms with van der Waals surface area (Å²) >= 11 is 0. The van der Waals surface area contributed by atoms with E-state index in [0.717, 1.165) is 37.5 Å². The molecule has 2 aliphatic heterocycles. The predicted molar refractivity (Wildman–Crippen MR) is 72.8 cm³/mol. The standard InChI is InChI=1S/C13H21N3O2S/c1-10-3-2-6-16-13(10)14-12(15-16)9-11-4-7-19(17,18)8-5-11/h10-11H,2-9H2,1H3. The lowest BCUT2D eigenvalue weighted by atomic mass is 9.98. The second-order valence-corrected chi connectivity index (χ2v) is 8.26. The fourth-order valence-electron chi connectivity index (χ4n) is 3.10. The Hall–Kier alpha value is -0.910. The largest absolute Gasteiger partial charge is 0.250 e. The van der Waals surface area contributed by atoms with Crippen molar-refractivity contribution in [2.24, 2.45) is 5.92 Å². The Morgan fingerprint density at radius 2 is 2.00 bits per heavy atom. The van der Waals surface area contributed by atoms with Crippen molar-refractivity contribution in [2.75, 3.05) is 11.5 Å². The Balaban J connectivity index is 1.68. The second-order valence-electron chi connectivity index (χ2n) is 5.95. The molecule has 0 radical (unpaired) electrons. The number of hydrogen-bond acceptors (Lipinski definition) is 4. The average Bonchev–Trinajstić information content (AvgIpc) is 2.76. The van der Waals surface area contributed by atoms with Crippen LogP contribution in [0.15, 0.2) is 0 Å². The second kappa shape index (κ2) is 4.89. The van der Waals surface area contributed by atoms with Crippen LogP contribution in [-0.2, 0) is 22.8 Å². The SMILES string of the molecule is CC1CCCn2nc(CC3CCS(=O)(=O)CC3)nc21. The molecule has 5 nitrogen and oxygen atoms in total. The number of aryl methyl sites for hydroxylation is 1. The molecule has 1 fully saturated rings. The molecule has 0 spiro atoms. The third-order valence-electron chi connectivity index (χ3n) is 4.34. The van der Waals surface area contributed by atoms with Crippen molar-refractivity contribution >= 4 is 9.84 Å². The van der Waals surface area contributed by atoms with Gasteiger partial charge in [-0.05, 0) is 31.6 Å². The van der Waals surface area contributed by atoms with Crippen molar-refractivity contribution in [3.8, 4) is 0 Å². The van der Waals surface area contributed by atoms with Gasteiger partial charge in [-0.2, -0.15) is 5.10 Å². The molecule has 6 heteroatoms. The van der Waals surface area contributed by atoms with Crippen LogP contribution in [0.4, 0.5) is 0 Å². The van der Waals surface area contributed by atoms with Crippen LogP contribution in [0.3, 0.4) is 0 Å². The zero-order chi connectivity index (χ0) is 13.5. The van der Waals surface area contributed by atoms with E-state index in [-0.39, 0.29) is 0 Å². The minimum atomic E-state index is -2.77. The maximum atomic E-state index is 11.4. The van der Waals surface area contributed by atoms with E-state index in [4.69, 9.17) is 0 Å². The third-order valence-corrected chi connectivity index (χ3v) is 6.05. The highest BCUT2D eigenvalue weighted by Gasteiger charge is 2.26. The van der Waals surface area contributed by atoms with E-state index in [0.29, 0.717) is 23.3 Å². The highest BCUT2D eigenvalue weighted by molar-refractivity contribution is 7.91. The molecule has 1 atom stereocenters. The number of fused-ring (bicyclic) bond motifs is 1. The molecule has 1 unspecified atom stereocenters. The number of hydrogen-bond donors (Lipinski definition) is 0. The first-order valence-corrected chi connectivity index (χ1v) is 9.00. The fourth-order valence-corrected chi connectivity index (χ4v) is 4.69. The van der Waals surface area contributed by atoms with Crippen LogP contribution in [0.5, 0.6) is 0 Å². The first-order valence-electron chi connectivity index (χ1n) is 7.17. The topological polar surface area (TPSA) is 64.8 Å². The highest BCUT2D eigenvalue weighted by atomic mass is 32.2. The lowest BCUT2D eigenvalue weighted by molar-refractivity contribution is 0.427. The molecular formula is C13H21N3O2S. The van der Waals surface area contributed by atoms with Gasteiger partial charge in [0.1, 0.15) is 15.7 Å². The Bertz CT molecular complexity index is 550. The lowest BCUT2D eigenvalue weighted by Crippen LogP contribution is -2.24. The van der Waals surface area contributed by atoms with Gasteiger partial charge >= 0.3 is 0 Å². The van der Waals surface area contributed by atoms with E-state index in [1.807, 2.05) is 4.68 Å². The fraction of sp³-hybridized carbons (Fsp3) is 0.846. The molecule has 0 bridgehead atoms.